The van der Waals surface area contributed by atoms with E-state index in [1.54, 1.807) is 9.80 Å². The fourth-order valence-electron chi connectivity index (χ4n) is 14.4. The topological polar surface area (TPSA) is 516 Å². The van der Waals surface area contributed by atoms with Gasteiger partial charge >= 0.3 is 0 Å². The summed E-state index contributed by atoms with van der Waals surface area (Å²) in [5.41, 5.74) is 5.44. The second-order valence-electron chi connectivity index (χ2n) is 33.3. The number of unbranched alkanes of at least 4 members (excludes halogenated alkanes) is 2. The summed E-state index contributed by atoms with van der Waals surface area (Å²) in [5.74, 6) is -10.2. The van der Waals surface area contributed by atoms with E-state index in [4.69, 9.17) is 57.8 Å². The number of imide groups is 1. The van der Waals surface area contributed by atoms with E-state index in [-0.39, 0.29) is 239 Å². The van der Waals surface area contributed by atoms with Crippen molar-refractivity contribution in [2.45, 2.75) is 102 Å². The van der Waals surface area contributed by atoms with Crippen LogP contribution in [0.5, 0.6) is 0 Å². The second kappa shape index (κ2) is 70.2. The molecule has 0 aliphatic carbocycles. The lowest BCUT2D eigenvalue weighted by atomic mass is 10.1. The number of hydrogen-bond acceptors (Lipinski definition) is 31. The number of ether oxygens (including phenoxy) is 11. The van der Waals surface area contributed by atoms with Crippen molar-refractivity contribution in [2.75, 3.05) is 352 Å². The van der Waals surface area contributed by atoms with Gasteiger partial charge < -0.3 is 137 Å². The van der Waals surface area contributed by atoms with Crippen LogP contribution in [0.4, 0.5) is 0 Å². The Labute approximate surface area is 803 Å². The lowest BCUT2D eigenvalue weighted by Crippen LogP contribution is -2.54. The van der Waals surface area contributed by atoms with Crippen LogP contribution in [-0.2, 0) is 138 Å². The highest BCUT2D eigenvalue weighted by molar-refractivity contribution is 8.00. The molecule has 48 heteroatoms. The molecule has 18 amide bonds. The van der Waals surface area contributed by atoms with Crippen molar-refractivity contribution in [3.8, 4) is 0 Å². The van der Waals surface area contributed by atoms with E-state index in [9.17, 15) is 91.4 Å². The van der Waals surface area contributed by atoms with Gasteiger partial charge in [-0.3, -0.25) is 91.2 Å². The third-order valence-electron chi connectivity index (χ3n) is 22.3. The van der Waals surface area contributed by atoms with Gasteiger partial charge in [0, 0.05) is 233 Å². The van der Waals surface area contributed by atoms with E-state index < -0.39 is 178 Å². The van der Waals surface area contributed by atoms with Crippen LogP contribution >= 0.6 is 11.8 Å². The van der Waals surface area contributed by atoms with Crippen molar-refractivity contribution in [1.82, 2.24) is 78.8 Å². The average Bonchev–Trinajstić information content (AvgIpc) is 1.71. The van der Waals surface area contributed by atoms with Gasteiger partial charge in [-0.05, 0) is 44.4 Å². The first-order valence-corrected chi connectivity index (χ1v) is 47.3. The number of primary amides is 1. The van der Waals surface area contributed by atoms with Gasteiger partial charge in [-0.15, -0.1) is 11.8 Å². The van der Waals surface area contributed by atoms with Crippen LogP contribution in [0.3, 0.4) is 0 Å². The third kappa shape index (κ3) is 47.7. The molecular formula is C88H153N17O30S. The van der Waals surface area contributed by atoms with E-state index in [2.05, 4.69) is 5.32 Å². The van der Waals surface area contributed by atoms with Gasteiger partial charge in [-0.1, -0.05) is 20.3 Å². The number of carbonyl (C=O) groups excluding carboxylic acids is 18. The van der Waals surface area contributed by atoms with Gasteiger partial charge in [0.05, 0.1) is 163 Å². The van der Waals surface area contributed by atoms with E-state index in [1.807, 2.05) is 13.8 Å². The van der Waals surface area contributed by atoms with Crippen LogP contribution in [-0.4, -0.2) is 549 Å². The minimum Gasteiger partial charge on any atom is -0.390 e. The molecule has 3 aliphatic heterocycles. The molecule has 47 nitrogen and oxygen atoms in total. The molecule has 0 aromatic carbocycles. The molecule has 0 spiro atoms. The summed E-state index contributed by atoms with van der Waals surface area (Å²) in [4.78, 5) is 269. The highest BCUT2D eigenvalue weighted by Crippen LogP contribution is 2.27. The maximum absolute atomic E-state index is 14.9. The number of nitrogens with one attached hydrogen (secondary N) is 1. The number of aliphatic hydroxyl groups excluding tert-OH is 1. The van der Waals surface area contributed by atoms with Crippen LogP contribution in [0.2, 0.25) is 0 Å². The van der Waals surface area contributed by atoms with Crippen molar-refractivity contribution < 1.29 is 144 Å². The third-order valence-corrected chi connectivity index (χ3v) is 23.6. The Morgan fingerprint density at radius 1 is 0.360 bits per heavy atom. The summed E-state index contributed by atoms with van der Waals surface area (Å²) in [7, 11) is 13.8. The molecule has 3 fully saturated rings. The SMILES string of the molecule is COCCN(CC(N)=O)C(=O)CN(CCOC)C(=O)CN(CCOC)C(=O)CN(CCCN1CCCC1=O)C(=O)CN(CCOC)C(=O)CN(CCOC)C(=O)CN(CCOC)C(=O)CN(CCOC)C(=O)CN(CCOC)C(=O)CN(CCCN1CCCC1=O)C(=O)CN(CCOC)C(=O)CN(CCOC)C(=O)CCCCCNC(=O)CCN1C(=O)CC(SCC(O)COCC(C)C)C1=O. The number of nitrogens with zero attached hydrogens (tertiary/aromatic N) is 15. The standard InChI is InChI=1S/C88H153N17O30S/c1-68(2)65-135-66-69(106)67-136-70-52-76(112)105(88(70)124)31-23-72(108)90-24-15-13-14-20-75(111)96(33-43-126-4)56-82(118)97(34-44-127-5)57-77(113)93(29-18-27-91-25-16-21-73(91)109)54-81(117)101(38-48-131-9)61-85(121)103(40-50-133-11)63-87(123)104(41-51-134-12)64-86(122)102(39-49-132-10)62-83(119)98(35-45-128-6)58-78(114)94(30-19-28-92-26-17-22-74(92)110)55-80(116)100(37-47-130-8)60-84(120)99(36-46-129-7)59-79(115)95(32-42-125-3)53-71(89)107/h68-70,106H,13-67H2,1-12H3,(H2,89,107)(H,90,108). The Morgan fingerprint density at radius 3 is 0.904 bits per heavy atom. The first kappa shape index (κ1) is 121. The molecule has 0 radical (unpaired) electrons. The van der Waals surface area contributed by atoms with Gasteiger partial charge in [0.2, 0.25) is 106 Å². The Morgan fingerprint density at radius 2 is 0.640 bits per heavy atom. The molecule has 0 saturated carbocycles. The molecule has 136 heavy (non-hydrogen) atoms. The monoisotopic (exact) mass is 1960 g/mol. The predicted octanol–water partition coefficient (Wildman–Crippen LogP) is -5.14. The molecule has 3 rings (SSSR count). The summed E-state index contributed by atoms with van der Waals surface area (Å²) in [6.07, 6.45) is 2.64. The van der Waals surface area contributed by atoms with Crippen LogP contribution in [0.15, 0.2) is 0 Å². The number of nitrogens with two attached hydrogens (primary N) is 1. The highest BCUT2D eigenvalue weighted by Gasteiger charge is 2.40. The van der Waals surface area contributed by atoms with Crippen molar-refractivity contribution >= 4 is 118 Å². The van der Waals surface area contributed by atoms with Crippen LogP contribution in [0, 0.1) is 5.92 Å². The molecule has 4 N–H and O–H groups in total. The predicted molar refractivity (Wildman–Crippen MR) is 493 cm³/mol. The van der Waals surface area contributed by atoms with E-state index in [0.29, 0.717) is 64.6 Å². The van der Waals surface area contributed by atoms with Gasteiger partial charge in [0.25, 0.3) is 0 Å². The number of thioether (sulfide) groups is 1. The molecule has 3 aliphatic rings. The summed E-state index contributed by atoms with van der Waals surface area (Å²) in [5, 5.41) is 12.4. The van der Waals surface area contributed by atoms with Gasteiger partial charge in [-0.2, -0.15) is 0 Å². The second-order valence-corrected chi connectivity index (χ2v) is 34.5. The number of likely N-dealkylation sites (tertiary alicyclic amines) is 3. The molecule has 3 heterocycles. The minimum absolute atomic E-state index is 0.00135. The lowest BCUT2D eigenvalue weighted by Gasteiger charge is -2.33. The van der Waals surface area contributed by atoms with Crippen LogP contribution in [0.1, 0.15) is 90.9 Å². The summed E-state index contributed by atoms with van der Waals surface area (Å²) in [6, 6.07) is 0. The van der Waals surface area contributed by atoms with E-state index in [0.717, 1.165) is 44.1 Å². The average molecular weight is 1960 g/mol. The molecule has 0 aromatic rings. The molecule has 2 atom stereocenters. The van der Waals surface area contributed by atoms with Crippen molar-refractivity contribution in [3.05, 3.63) is 0 Å². The quantitative estimate of drug-likeness (QED) is 0.0379. The molecular weight excluding hydrogens is 1810 g/mol. The fourth-order valence-corrected chi connectivity index (χ4v) is 15.5. The molecule has 0 aromatic heterocycles. The number of aliphatic hydroxyl groups is 1. The van der Waals surface area contributed by atoms with Crippen LogP contribution in [0.25, 0.3) is 0 Å². The Hall–Kier alpha value is -9.47. The molecule has 3 saturated heterocycles. The maximum atomic E-state index is 14.9. The first-order chi connectivity index (χ1) is 65.2. The Balaban J connectivity index is 1.87. The highest BCUT2D eigenvalue weighted by atomic mass is 32.2. The normalized spacial score (nSPS) is 13.8. The zero-order valence-corrected chi connectivity index (χ0v) is 82.9. The zero-order valence-electron chi connectivity index (χ0n) is 82.1. The molecule has 2 unspecified atom stereocenters. The Kier molecular flexibility index (Phi) is 62.3. The van der Waals surface area contributed by atoms with Gasteiger partial charge in [-0.25, -0.2) is 0 Å². The van der Waals surface area contributed by atoms with E-state index in [1.165, 1.54) is 102 Å². The van der Waals surface area contributed by atoms with E-state index >= 15 is 0 Å². The largest absolute Gasteiger partial charge is 0.390 e. The number of carbonyl (C=O) groups is 18. The maximum Gasteiger partial charge on any atom is 0.242 e. The Bertz CT molecular complexity index is 3710. The lowest BCUT2D eigenvalue weighted by molar-refractivity contribution is -0.150. The molecule has 776 valence electrons. The number of methoxy groups -OCH3 is 10. The summed E-state index contributed by atoms with van der Waals surface area (Å²) in [6.45, 7) is -3.82. The van der Waals surface area contributed by atoms with Crippen molar-refractivity contribution in [2.24, 2.45) is 11.7 Å². The number of hydrogen-bond donors (Lipinski definition) is 3. The van der Waals surface area contributed by atoms with Crippen LogP contribution < -0.4 is 11.1 Å². The first-order valence-electron chi connectivity index (χ1n) is 46.2. The fraction of sp³-hybridized carbons (Fsp3) is 0.795. The molecule has 0 bridgehead atoms. The zero-order chi connectivity index (χ0) is 101. The van der Waals surface area contributed by atoms with Gasteiger partial charge in [0.1, 0.15) is 0 Å². The van der Waals surface area contributed by atoms with Crippen molar-refractivity contribution in [3.63, 3.8) is 0 Å². The number of rotatable bonds is 78. The summed E-state index contributed by atoms with van der Waals surface area (Å²) >= 11 is 1.17. The minimum atomic E-state index is -0.815. The van der Waals surface area contributed by atoms with Gasteiger partial charge in [0.15, 0.2) is 0 Å². The summed E-state index contributed by atoms with van der Waals surface area (Å²) < 4.78 is 58.7. The number of amides is 18. The van der Waals surface area contributed by atoms with Crippen molar-refractivity contribution in [1.29, 1.82) is 0 Å². The smallest absolute Gasteiger partial charge is 0.242 e.